The Morgan fingerprint density at radius 1 is 1.34 bits per heavy atom. The smallest absolute Gasteiger partial charge is 0.326 e. The Morgan fingerprint density at radius 3 is 2.79 bits per heavy atom. The van der Waals surface area contributed by atoms with Gasteiger partial charge in [0.15, 0.2) is 0 Å². The summed E-state index contributed by atoms with van der Waals surface area (Å²) >= 11 is 6.77. The van der Waals surface area contributed by atoms with Crippen LogP contribution in [0.3, 0.4) is 0 Å². The molecule has 1 fully saturated rings. The van der Waals surface area contributed by atoms with Gasteiger partial charge in [-0.05, 0) is 36.9 Å². The van der Waals surface area contributed by atoms with Crippen molar-refractivity contribution in [2.45, 2.75) is 6.92 Å². The van der Waals surface area contributed by atoms with Crippen molar-refractivity contribution in [3.8, 4) is 11.3 Å². The van der Waals surface area contributed by atoms with Gasteiger partial charge in [-0.25, -0.2) is 0 Å². The molecule has 0 unspecified atom stereocenters. The molecular weight excluding hydrogens is 424 g/mol. The van der Waals surface area contributed by atoms with Crippen LogP contribution >= 0.6 is 23.4 Å². The van der Waals surface area contributed by atoms with Gasteiger partial charge in [0.1, 0.15) is 18.1 Å². The molecular formula is C18H13ClN2O7S. The van der Waals surface area contributed by atoms with Crippen LogP contribution in [0.2, 0.25) is 5.02 Å². The summed E-state index contributed by atoms with van der Waals surface area (Å²) in [6.07, 6.45) is 1.35. The van der Waals surface area contributed by atoms with Crippen LogP contribution < -0.4 is 0 Å². The van der Waals surface area contributed by atoms with E-state index >= 15 is 0 Å². The maximum Gasteiger partial charge on any atom is 0.326 e. The molecule has 1 aliphatic heterocycles. The quantitative estimate of drug-likeness (QED) is 0.287. The number of rotatable bonds is 6. The fourth-order valence-corrected chi connectivity index (χ4v) is 3.52. The molecule has 2 aromatic rings. The number of ether oxygens (including phenoxy) is 1. The van der Waals surface area contributed by atoms with E-state index in [1.165, 1.54) is 30.3 Å². The lowest BCUT2D eigenvalue weighted by molar-refractivity contribution is -0.384. The van der Waals surface area contributed by atoms with Gasteiger partial charge in [-0.3, -0.25) is 29.4 Å². The molecule has 29 heavy (non-hydrogen) atoms. The number of amides is 2. The number of carbonyl (C=O) groups excluding carboxylic acids is 3. The molecule has 1 saturated heterocycles. The molecule has 150 valence electrons. The average Bonchev–Trinajstić information content (AvgIpc) is 3.22. The van der Waals surface area contributed by atoms with Crippen LogP contribution in [0.25, 0.3) is 17.4 Å². The molecule has 1 aromatic carbocycles. The summed E-state index contributed by atoms with van der Waals surface area (Å²) < 4.78 is 10.4. The first kappa shape index (κ1) is 20.6. The van der Waals surface area contributed by atoms with Crippen molar-refractivity contribution in [3.63, 3.8) is 0 Å². The summed E-state index contributed by atoms with van der Waals surface area (Å²) in [5, 5.41) is 10.6. The first-order chi connectivity index (χ1) is 13.8. The molecule has 2 heterocycles. The SMILES string of the molecule is CCOC(=O)CN1C(=O)S/C(=C\c2ccc(-c3cc([N+](=O)[O-])ccc3Cl)o2)C1=O. The fourth-order valence-electron chi connectivity index (χ4n) is 2.49. The number of halogens is 1. The third-order valence-corrected chi connectivity index (χ3v) is 5.03. The molecule has 1 aromatic heterocycles. The monoisotopic (exact) mass is 436 g/mol. The molecule has 2 amide bonds. The average molecular weight is 437 g/mol. The minimum absolute atomic E-state index is 0.0744. The van der Waals surface area contributed by atoms with E-state index in [1.54, 1.807) is 13.0 Å². The minimum Gasteiger partial charge on any atom is -0.465 e. The van der Waals surface area contributed by atoms with Crippen molar-refractivity contribution in [1.29, 1.82) is 0 Å². The minimum atomic E-state index is -0.684. The summed E-state index contributed by atoms with van der Waals surface area (Å²) in [5.74, 6) is -0.823. The van der Waals surface area contributed by atoms with Gasteiger partial charge in [0.25, 0.3) is 16.8 Å². The predicted octanol–water partition coefficient (Wildman–Crippen LogP) is 4.11. The van der Waals surface area contributed by atoms with Crippen LogP contribution in [0, 0.1) is 10.1 Å². The highest BCUT2D eigenvalue weighted by molar-refractivity contribution is 8.18. The molecule has 0 atom stereocenters. The number of nitro groups is 1. The highest BCUT2D eigenvalue weighted by Gasteiger charge is 2.36. The Bertz CT molecular complexity index is 1050. The lowest BCUT2D eigenvalue weighted by atomic mass is 10.1. The standard InChI is InChI=1S/C18H13ClN2O7S/c1-2-27-16(22)9-20-17(23)15(29-18(20)24)8-11-4-6-14(28-11)12-7-10(21(25)26)3-5-13(12)19/h3-8H,2,9H2,1H3/b15-8-. The maximum absolute atomic E-state index is 12.4. The van der Waals surface area contributed by atoms with Crippen LogP contribution in [0.1, 0.15) is 12.7 Å². The van der Waals surface area contributed by atoms with Crippen molar-refractivity contribution in [1.82, 2.24) is 4.90 Å². The molecule has 9 nitrogen and oxygen atoms in total. The van der Waals surface area contributed by atoms with E-state index in [4.69, 9.17) is 20.8 Å². The van der Waals surface area contributed by atoms with Crippen molar-refractivity contribution < 1.29 is 28.5 Å². The third kappa shape index (κ3) is 4.49. The third-order valence-electron chi connectivity index (χ3n) is 3.79. The number of furan rings is 1. The van der Waals surface area contributed by atoms with E-state index in [2.05, 4.69) is 0 Å². The van der Waals surface area contributed by atoms with E-state index in [0.717, 1.165) is 4.90 Å². The number of nitro benzene ring substituents is 1. The molecule has 0 aliphatic carbocycles. The highest BCUT2D eigenvalue weighted by atomic mass is 35.5. The van der Waals surface area contributed by atoms with E-state index in [1.807, 2.05) is 0 Å². The van der Waals surface area contributed by atoms with Gasteiger partial charge in [-0.1, -0.05) is 11.6 Å². The number of hydrogen-bond acceptors (Lipinski definition) is 8. The van der Waals surface area contributed by atoms with Crippen molar-refractivity contribution in [3.05, 3.63) is 56.1 Å². The molecule has 3 rings (SSSR count). The summed E-state index contributed by atoms with van der Waals surface area (Å²) in [5.41, 5.74) is 0.165. The normalized spacial score (nSPS) is 15.2. The largest absolute Gasteiger partial charge is 0.465 e. The predicted molar refractivity (Wildman–Crippen MR) is 105 cm³/mol. The second-order valence-electron chi connectivity index (χ2n) is 5.70. The lowest BCUT2D eigenvalue weighted by Crippen LogP contribution is -2.34. The number of hydrogen-bond donors (Lipinski definition) is 0. The van der Waals surface area contributed by atoms with E-state index in [9.17, 15) is 24.5 Å². The Kier molecular flexibility index (Phi) is 6.04. The number of carbonyl (C=O) groups is 3. The Hall–Kier alpha value is -3.11. The molecule has 0 spiro atoms. The molecule has 0 saturated carbocycles. The van der Waals surface area contributed by atoms with Gasteiger partial charge in [0, 0.05) is 23.8 Å². The molecule has 11 heteroatoms. The van der Waals surface area contributed by atoms with Gasteiger partial charge in [-0.2, -0.15) is 0 Å². The number of non-ortho nitro benzene ring substituents is 1. The first-order valence-corrected chi connectivity index (χ1v) is 9.44. The number of esters is 1. The lowest BCUT2D eigenvalue weighted by Gasteiger charge is -2.10. The van der Waals surface area contributed by atoms with E-state index in [-0.39, 0.29) is 33.7 Å². The van der Waals surface area contributed by atoms with E-state index in [0.29, 0.717) is 17.3 Å². The Balaban J connectivity index is 1.83. The van der Waals surface area contributed by atoms with Crippen LogP contribution in [-0.2, 0) is 14.3 Å². The number of imide groups is 1. The zero-order valence-corrected chi connectivity index (χ0v) is 16.5. The van der Waals surface area contributed by atoms with Crippen molar-refractivity contribution in [2.75, 3.05) is 13.2 Å². The molecule has 1 aliphatic rings. The summed E-state index contributed by atoms with van der Waals surface area (Å²) in [4.78, 5) is 47.2. The van der Waals surface area contributed by atoms with E-state index < -0.39 is 28.6 Å². The Morgan fingerprint density at radius 2 is 2.10 bits per heavy atom. The molecule has 0 radical (unpaired) electrons. The van der Waals surface area contributed by atoms with Gasteiger partial charge in [0.2, 0.25) is 0 Å². The zero-order valence-electron chi connectivity index (χ0n) is 14.9. The highest BCUT2D eigenvalue weighted by Crippen LogP contribution is 2.35. The second-order valence-corrected chi connectivity index (χ2v) is 7.10. The van der Waals surface area contributed by atoms with Crippen molar-refractivity contribution >= 4 is 52.2 Å². The van der Waals surface area contributed by atoms with Crippen LogP contribution in [0.4, 0.5) is 10.5 Å². The molecule has 0 N–H and O–H groups in total. The fraction of sp³-hybridized carbons (Fsp3) is 0.167. The van der Waals surface area contributed by atoms with Gasteiger partial charge in [-0.15, -0.1) is 0 Å². The Labute approximate surface area is 173 Å². The van der Waals surface area contributed by atoms with Gasteiger partial charge in [0.05, 0.1) is 21.5 Å². The van der Waals surface area contributed by atoms with Crippen LogP contribution in [-0.4, -0.2) is 40.1 Å². The van der Waals surface area contributed by atoms with Crippen LogP contribution in [0.15, 0.2) is 39.7 Å². The summed E-state index contributed by atoms with van der Waals surface area (Å²) in [7, 11) is 0. The first-order valence-electron chi connectivity index (χ1n) is 8.25. The number of thioether (sulfide) groups is 1. The van der Waals surface area contributed by atoms with Gasteiger partial charge < -0.3 is 9.15 Å². The maximum atomic E-state index is 12.4. The van der Waals surface area contributed by atoms with Gasteiger partial charge >= 0.3 is 5.97 Å². The summed E-state index contributed by atoms with van der Waals surface area (Å²) in [6, 6.07) is 7.01. The number of nitrogens with zero attached hydrogens (tertiary/aromatic N) is 2. The van der Waals surface area contributed by atoms with Crippen LogP contribution in [0.5, 0.6) is 0 Å². The number of benzene rings is 1. The molecule has 0 bridgehead atoms. The van der Waals surface area contributed by atoms with Crippen molar-refractivity contribution in [2.24, 2.45) is 0 Å². The zero-order chi connectivity index (χ0) is 21.1. The second kappa shape index (κ2) is 8.50. The topological polar surface area (TPSA) is 120 Å². The summed E-state index contributed by atoms with van der Waals surface area (Å²) in [6.45, 7) is 1.29.